The molecule has 0 saturated heterocycles. The zero-order valence-electron chi connectivity index (χ0n) is 13.5. The minimum Gasteiger partial charge on any atom is -0.246 e. The van der Waals surface area contributed by atoms with Crippen LogP contribution in [0, 0.1) is 0 Å². The highest BCUT2D eigenvalue weighted by molar-refractivity contribution is 5.29. The Morgan fingerprint density at radius 3 is 2.52 bits per heavy atom. The zero-order chi connectivity index (χ0) is 15.9. The highest BCUT2D eigenvalue weighted by Crippen LogP contribution is 2.08. The lowest BCUT2D eigenvalue weighted by Gasteiger charge is -1.97. The van der Waals surface area contributed by atoms with Crippen molar-refractivity contribution in [2.45, 2.75) is 45.6 Å². The quantitative estimate of drug-likeness (QED) is 0.600. The van der Waals surface area contributed by atoms with Crippen LogP contribution in [0.1, 0.15) is 44.0 Å². The molecule has 1 aromatic carbocycles. The maximum absolute atomic E-state index is 4.23. The topological polar surface area (TPSA) is 61.4 Å². The fourth-order valence-electron chi connectivity index (χ4n) is 2.51. The number of rotatable bonds is 8. The van der Waals surface area contributed by atoms with Gasteiger partial charge in [0.2, 0.25) is 0 Å². The average molecular weight is 310 g/mol. The molecule has 3 rings (SSSR count). The molecule has 0 aliphatic rings. The first-order valence-corrected chi connectivity index (χ1v) is 8.21. The lowest BCUT2D eigenvalue weighted by molar-refractivity contribution is 0.635. The Morgan fingerprint density at radius 2 is 1.70 bits per heavy atom. The predicted octanol–water partition coefficient (Wildman–Crippen LogP) is 3.03. The van der Waals surface area contributed by atoms with E-state index in [1.165, 1.54) is 25.7 Å². The monoisotopic (exact) mass is 310 g/mol. The Bertz CT molecular complexity index is 716. The fourth-order valence-corrected chi connectivity index (χ4v) is 2.51. The van der Waals surface area contributed by atoms with Crippen molar-refractivity contribution in [1.82, 2.24) is 30.0 Å². The number of benzene rings is 1. The summed E-state index contributed by atoms with van der Waals surface area (Å²) in [5.74, 6) is 0. The van der Waals surface area contributed by atoms with Gasteiger partial charge in [-0.1, -0.05) is 54.8 Å². The van der Waals surface area contributed by atoms with Gasteiger partial charge in [-0.3, -0.25) is 0 Å². The van der Waals surface area contributed by atoms with Gasteiger partial charge < -0.3 is 0 Å². The first kappa shape index (κ1) is 15.4. The fraction of sp³-hybridized carbons (Fsp3) is 0.412. The van der Waals surface area contributed by atoms with E-state index in [2.05, 4.69) is 27.5 Å². The van der Waals surface area contributed by atoms with Crippen molar-refractivity contribution in [3.8, 4) is 5.69 Å². The normalized spacial score (nSPS) is 11.0. The Balaban J connectivity index is 1.58. The molecule has 0 fully saturated rings. The average Bonchev–Trinajstić information content (AvgIpc) is 3.23. The van der Waals surface area contributed by atoms with Crippen LogP contribution in [-0.4, -0.2) is 30.0 Å². The van der Waals surface area contributed by atoms with Crippen molar-refractivity contribution < 1.29 is 0 Å². The molecule has 3 aromatic rings. The summed E-state index contributed by atoms with van der Waals surface area (Å²) in [6, 6.07) is 9.96. The van der Waals surface area contributed by atoms with E-state index in [0.717, 1.165) is 23.5 Å². The highest BCUT2D eigenvalue weighted by atomic mass is 15.5. The zero-order valence-corrected chi connectivity index (χ0v) is 13.5. The number of para-hydroxylation sites is 1. The van der Waals surface area contributed by atoms with Gasteiger partial charge in [0.05, 0.1) is 24.1 Å². The Morgan fingerprint density at radius 1 is 0.870 bits per heavy atom. The number of hydrogen-bond donors (Lipinski definition) is 0. The third-order valence-electron chi connectivity index (χ3n) is 3.76. The summed E-state index contributed by atoms with van der Waals surface area (Å²) in [6.45, 7) is 2.81. The van der Waals surface area contributed by atoms with Crippen molar-refractivity contribution in [3.05, 3.63) is 54.1 Å². The van der Waals surface area contributed by atoms with Crippen LogP contribution >= 0.6 is 0 Å². The van der Waals surface area contributed by atoms with Crippen molar-refractivity contribution in [3.63, 3.8) is 0 Å². The van der Waals surface area contributed by atoms with Gasteiger partial charge in [0.25, 0.3) is 0 Å². The molecular weight excluding hydrogens is 288 g/mol. The number of unbranched alkanes of at least 4 members (excludes halogenated alkanes) is 3. The molecule has 0 aliphatic carbocycles. The van der Waals surface area contributed by atoms with E-state index in [0.29, 0.717) is 6.54 Å². The van der Waals surface area contributed by atoms with Gasteiger partial charge in [-0.2, -0.15) is 0 Å². The van der Waals surface area contributed by atoms with Gasteiger partial charge in [-0.25, -0.2) is 9.36 Å². The molecule has 0 bridgehead atoms. The van der Waals surface area contributed by atoms with Crippen molar-refractivity contribution in [1.29, 1.82) is 0 Å². The van der Waals surface area contributed by atoms with E-state index in [1.807, 2.05) is 47.4 Å². The van der Waals surface area contributed by atoms with E-state index >= 15 is 0 Å². The molecule has 0 aliphatic heterocycles. The summed E-state index contributed by atoms with van der Waals surface area (Å²) in [5.41, 5.74) is 2.93. The highest BCUT2D eigenvalue weighted by Gasteiger charge is 2.06. The molecule has 6 nitrogen and oxygen atoms in total. The SMILES string of the molecule is CCCCCCc1cn(Cc2cn(-c3ccccc3)nn2)nn1. The molecule has 0 N–H and O–H groups in total. The standard InChI is InChI=1S/C17H22N6/c1-2-3-4-6-9-15-12-22(20-18-15)13-16-14-23(21-19-16)17-10-7-5-8-11-17/h5,7-8,10-12,14H,2-4,6,9,13H2,1H3. The first-order chi connectivity index (χ1) is 11.3. The summed E-state index contributed by atoms with van der Waals surface area (Å²) in [5, 5.41) is 16.8. The van der Waals surface area contributed by atoms with Gasteiger partial charge in [0.1, 0.15) is 5.69 Å². The summed E-state index contributed by atoms with van der Waals surface area (Å²) < 4.78 is 3.60. The number of aryl methyl sites for hydroxylation is 1. The van der Waals surface area contributed by atoms with E-state index in [1.54, 1.807) is 4.68 Å². The molecule has 0 radical (unpaired) electrons. The lowest BCUT2D eigenvalue weighted by Crippen LogP contribution is -2.00. The van der Waals surface area contributed by atoms with Crippen molar-refractivity contribution in [2.75, 3.05) is 0 Å². The molecular formula is C17H22N6. The molecule has 0 unspecified atom stereocenters. The van der Waals surface area contributed by atoms with Crippen LogP contribution in [0.3, 0.4) is 0 Å². The van der Waals surface area contributed by atoms with E-state index in [9.17, 15) is 0 Å². The summed E-state index contributed by atoms with van der Waals surface area (Å²) in [6.07, 6.45) is 9.91. The molecule has 2 aromatic heterocycles. The van der Waals surface area contributed by atoms with Gasteiger partial charge in [0, 0.05) is 6.20 Å². The lowest BCUT2D eigenvalue weighted by atomic mass is 10.1. The minimum atomic E-state index is 0.592. The van der Waals surface area contributed by atoms with Crippen molar-refractivity contribution in [2.24, 2.45) is 0 Å². The van der Waals surface area contributed by atoms with Crippen LogP contribution in [0.5, 0.6) is 0 Å². The molecule has 6 heteroatoms. The van der Waals surface area contributed by atoms with E-state index in [4.69, 9.17) is 0 Å². The number of nitrogens with zero attached hydrogens (tertiary/aromatic N) is 6. The summed E-state index contributed by atoms with van der Waals surface area (Å²) >= 11 is 0. The van der Waals surface area contributed by atoms with E-state index in [-0.39, 0.29) is 0 Å². The Kier molecular flexibility index (Phi) is 5.13. The van der Waals surface area contributed by atoms with E-state index < -0.39 is 0 Å². The molecule has 0 spiro atoms. The maximum Gasteiger partial charge on any atom is 0.105 e. The summed E-state index contributed by atoms with van der Waals surface area (Å²) in [7, 11) is 0. The molecule has 0 saturated carbocycles. The molecule has 23 heavy (non-hydrogen) atoms. The maximum atomic E-state index is 4.23. The molecule has 0 amide bonds. The minimum absolute atomic E-state index is 0.592. The van der Waals surface area contributed by atoms with Crippen LogP contribution in [0.2, 0.25) is 0 Å². The van der Waals surface area contributed by atoms with Gasteiger partial charge in [-0.15, -0.1) is 10.2 Å². The van der Waals surface area contributed by atoms with Crippen molar-refractivity contribution >= 4 is 0 Å². The molecule has 120 valence electrons. The van der Waals surface area contributed by atoms with Crippen LogP contribution in [0.4, 0.5) is 0 Å². The summed E-state index contributed by atoms with van der Waals surface area (Å²) in [4.78, 5) is 0. The molecule has 0 atom stereocenters. The Labute approximate surface area is 136 Å². The van der Waals surface area contributed by atoms with Gasteiger partial charge in [-0.05, 0) is 25.0 Å². The van der Waals surface area contributed by atoms with Crippen LogP contribution < -0.4 is 0 Å². The second-order valence-corrected chi connectivity index (χ2v) is 5.71. The second kappa shape index (κ2) is 7.67. The third-order valence-corrected chi connectivity index (χ3v) is 3.76. The third kappa shape index (κ3) is 4.25. The Hall–Kier alpha value is -2.50. The van der Waals surface area contributed by atoms with Crippen LogP contribution in [0.25, 0.3) is 5.69 Å². The number of hydrogen-bond acceptors (Lipinski definition) is 4. The number of aromatic nitrogens is 6. The largest absolute Gasteiger partial charge is 0.246 e. The molecule has 2 heterocycles. The van der Waals surface area contributed by atoms with Gasteiger partial charge >= 0.3 is 0 Å². The van der Waals surface area contributed by atoms with Crippen LogP contribution in [-0.2, 0) is 13.0 Å². The smallest absolute Gasteiger partial charge is 0.105 e. The second-order valence-electron chi connectivity index (χ2n) is 5.71. The van der Waals surface area contributed by atoms with Crippen LogP contribution in [0.15, 0.2) is 42.7 Å². The van der Waals surface area contributed by atoms with Gasteiger partial charge in [0.15, 0.2) is 0 Å². The predicted molar refractivity (Wildman–Crippen MR) is 88.3 cm³/mol. The first-order valence-electron chi connectivity index (χ1n) is 8.21.